The van der Waals surface area contributed by atoms with Crippen LogP contribution in [-0.4, -0.2) is 60.7 Å². The van der Waals surface area contributed by atoms with Crippen molar-refractivity contribution in [2.45, 2.75) is 24.0 Å². The number of rotatable bonds is 4. The van der Waals surface area contributed by atoms with Crippen molar-refractivity contribution in [3.63, 3.8) is 0 Å². The zero-order valence-electron chi connectivity index (χ0n) is 14.6. The van der Waals surface area contributed by atoms with Crippen molar-refractivity contribution < 1.29 is 19.4 Å². The summed E-state index contributed by atoms with van der Waals surface area (Å²) < 4.78 is 13.5. The second kappa shape index (κ2) is 6.52. The third kappa shape index (κ3) is 2.53. The Morgan fingerprint density at radius 3 is 2.89 bits per heavy atom. The van der Waals surface area contributed by atoms with Crippen LogP contribution in [0.2, 0.25) is 0 Å². The maximum atomic E-state index is 12.5. The van der Waals surface area contributed by atoms with E-state index in [2.05, 4.69) is 32.9 Å². The van der Waals surface area contributed by atoms with Crippen LogP contribution in [0.5, 0.6) is 0 Å². The van der Waals surface area contributed by atoms with E-state index >= 15 is 0 Å². The van der Waals surface area contributed by atoms with Gasteiger partial charge in [-0.15, -0.1) is 0 Å². The molecule has 2 bridgehead atoms. The van der Waals surface area contributed by atoms with E-state index < -0.39 is 24.0 Å². The molecule has 1 unspecified atom stereocenters. The van der Waals surface area contributed by atoms with Gasteiger partial charge in [-0.3, -0.25) is 9.36 Å². The van der Waals surface area contributed by atoms with Gasteiger partial charge >= 0.3 is 0 Å². The number of fused-ring (bicyclic) bond motifs is 3. The number of hydrogen-bond acceptors (Lipinski definition) is 8. The number of amides is 1. The third-order valence-corrected chi connectivity index (χ3v) is 5.71. The number of carbonyl (C=O) groups is 1. The largest absolute Gasteiger partial charge is 0.387 e. The summed E-state index contributed by atoms with van der Waals surface area (Å²) in [6.07, 6.45) is 0.979. The van der Waals surface area contributed by atoms with E-state index in [1.165, 1.54) is 6.33 Å². The first kappa shape index (κ1) is 17.6. The molecular weight excluding hydrogens is 382 g/mol. The van der Waals surface area contributed by atoms with Crippen LogP contribution in [0.25, 0.3) is 11.2 Å². The smallest absolute Gasteiger partial charge is 0.256 e. The first-order chi connectivity index (χ1) is 13.6. The molecule has 2 aromatic heterocycles. The van der Waals surface area contributed by atoms with E-state index in [4.69, 9.17) is 9.47 Å². The van der Waals surface area contributed by atoms with Gasteiger partial charge in [-0.25, -0.2) is 15.0 Å². The van der Waals surface area contributed by atoms with Crippen molar-refractivity contribution in [2.75, 3.05) is 17.7 Å². The fraction of sp³-hybridized carbons (Fsp3) is 0.333. The van der Waals surface area contributed by atoms with Gasteiger partial charge in [0, 0.05) is 11.3 Å². The average Bonchev–Trinajstić information content (AvgIpc) is 3.39. The van der Waals surface area contributed by atoms with E-state index in [0.717, 1.165) is 0 Å². The number of thiol groups is 1. The number of aromatic nitrogens is 4. The van der Waals surface area contributed by atoms with Crippen LogP contribution in [0, 0.1) is 0 Å². The highest BCUT2D eigenvalue weighted by atomic mass is 32.1. The van der Waals surface area contributed by atoms with Gasteiger partial charge in [0.15, 0.2) is 23.2 Å². The molecular formula is C18H17N5O4S. The number of aliphatic hydroxyl groups excluding tert-OH is 1. The maximum Gasteiger partial charge on any atom is 0.256 e. The lowest BCUT2D eigenvalue weighted by molar-refractivity contribution is -0.162. The molecule has 10 heteroatoms. The zero-order chi connectivity index (χ0) is 19.3. The average molecular weight is 399 g/mol. The normalized spacial score (nSPS) is 28.7. The van der Waals surface area contributed by atoms with Crippen LogP contribution < -0.4 is 5.32 Å². The summed E-state index contributed by atoms with van der Waals surface area (Å²) in [5.74, 6) is 0.339. The Balaban J connectivity index is 1.48. The molecule has 2 N–H and O–H groups in total. The highest BCUT2D eigenvalue weighted by Crippen LogP contribution is 2.46. The summed E-state index contributed by atoms with van der Waals surface area (Å²) in [5, 5.41) is 13.3. The lowest BCUT2D eigenvalue weighted by atomic mass is 10.0. The summed E-state index contributed by atoms with van der Waals surface area (Å²) in [6.45, 7) is 0.291. The molecule has 2 aliphatic rings. The summed E-state index contributed by atoms with van der Waals surface area (Å²) in [7, 11) is 0. The minimum atomic E-state index is -0.841. The van der Waals surface area contributed by atoms with Crippen molar-refractivity contribution in [3.8, 4) is 0 Å². The second-order valence-corrected chi connectivity index (χ2v) is 7.13. The van der Waals surface area contributed by atoms with Crippen LogP contribution in [0.4, 0.5) is 5.82 Å². The van der Waals surface area contributed by atoms with Crippen LogP contribution in [-0.2, 0) is 9.47 Å². The van der Waals surface area contributed by atoms with Crippen LogP contribution in [0.15, 0.2) is 43.0 Å². The molecule has 4 atom stereocenters. The molecule has 9 nitrogen and oxygen atoms in total. The molecule has 0 radical (unpaired) electrons. The van der Waals surface area contributed by atoms with Crippen molar-refractivity contribution in [2.24, 2.45) is 0 Å². The number of nitrogens with one attached hydrogen (secondary N) is 1. The molecule has 2 saturated heterocycles. The van der Waals surface area contributed by atoms with Gasteiger partial charge in [-0.05, 0) is 12.1 Å². The second-order valence-electron chi connectivity index (χ2n) is 6.82. The number of ether oxygens (including phenoxy) is 2. The van der Waals surface area contributed by atoms with Gasteiger partial charge in [0.05, 0.1) is 12.9 Å². The molecule has 0 spiro atoms. The van der Waals surface area contributed by atoms with Gasteiger partial charge in [0.25, 0.3) is 5.91 Å². The lowest BCUT2D eigenvalue weighted by Crippen LogP contribution is -2.42. The molecule has 28 heavy (non-hydrogen) atoms. The number of nitrogens with zero attached hydrogens (tertiary/aromatic N) is 4. The Kier molecular flexibility index (Phi) is 4.09. The molecule has 2 fully saturated rings. The van der Waals surface area contributed by atoms with E-state index in [-0.39, 0.29) is 5.91 Å². The molecule has 0 aliphatic carbocycles. The predicted octanol–water partition coefficient (Wildman–Crippen LogP) is 1.04. The van der Waals surface area contributed by atoms with Crippen molar-refractivity contribution in [3.05, 3.63) is 48.5 Å². The standard InChI is InChI=1S/C18H17N5O4S/c24-13-12-17(27-18(13,7-28)6-26-12)23-9-21-11-14(19-8-20-15(11)23)22-16(25)10-4-2-1-3-5-10/h1-5,8-9,12-13,17,24,28H,6-7H2,(H,19,20,22,25)/t12?,13-,17-,18-/m1/s1. The Bertz CT molecular complexity index is 1040. The lowest BCUT2D eigenvalue weighted by Gasteiger charge is -2.29. The monoisotopic (exact) mass is 399 g/mol. The third-order valence-electron chi connectivity index (χ3n) is 5.18. The molecule has 4 heterocycles. The summed E-state index contributed by atoms with van der Waals surface area (Å²) >= 11 is 4.30. The summed E-state index contributed by atoms with van der Waals surface area (Å²) in [5.41, 5.74) is 0.567. The minimum Gasteiger partial charge on any atom is -0.387 e. The molecule has 0 saturated carbocycles. The molecule has 3 aromatic rings. The van der Waals surface area contributed by atoms with Crippen LogP contribution >= 0.6 is 12.6 Å². The Hall–Kier alpha value is -2.53. The quantitative estimate of drug-likeness (QED) is 0.562. The molecule has 1 aromatic carbocycles. The summed E-state index contributed by atoms with van der Waals surface area (Å²) in [6, 6.07) is 8.84. The number of aliphatic hydroxyl groups is 1. The van der Waals surface area contributed by atoms with Gasteiger partial charge in [0.2, 0.25) is 0 Å². The predicted molar refractivity (Wildman–Crippen MR) is 102 cm³/mol. The molecule has 1 amide bonds. The Morgan fingerprint density at radius 2 is 2.14 bits per heavy atom. The highest BCUT2D eigenvalue weighted by molar-refractivity contribution is 7.80. The molecule has 5 rings (SSSR count). The van der Waals surface area contributed by atoms with E-state index in [1.54, 1.807) is 35.2 Å². The summed E-state index contributed by atoms with van der Waals surface area (Å²) in [4.78, 5) is 25.2. The Labute approximate surface area is 165 Å². The molecule has 2 aliphatic heterocycles. The minimum absolute atomic E-state index is 0.291. The fourth-order valence-corrected chi connectivity index (χ4v) is 4.01. The first-order valence-electron chi connectivity index (χ1n) is 8.75. The van der Waals surface area contributed by atoms with Gasteiger partial charge < -0.3 is 19.9 Å². The van der Waals surface area contributed by atoms with Crippen molar-refractivity contribution in [1.82, 2.24) is 19.5 Å². The van der Waals surface area contributed by atoms with E-state index in [0.29, 0.717) is 34.9 Å². The first-order valence-corrected chi connectivity index (χ1v) is 9.38. The number of imidazole rings is 1. The number of hydrogen-bond donors (Lipinski definition) is 3. The topological polar surface area (TPSA) is 111 Å². The maximum absolute atomic E-state index is 12.5. The van der Waals surface area contributed by atoms with E-state index in [9.17, 15) is 9.90 Å². The Morgan fingerprint density at radius 1 is 1.32 bits per heavy atom. The SMILES string of the molecule is O=C(Nc1ncnc2c1ncn2[C@@H]1O[C@@]2(CS)COC1[C@H]2O)c1ccccc1. The highest BCUT2D eigenvalue weighted by Gasteiger charge is 2.61. The van der Waals surface area contributed by atoms with Crippen molar-refractivity contribution >= 4 is 35.5 Å². The fourth-order valence-electron chi connectivity index (χ4n) is 3.65. The number of carbonyl (C=O) groups excluding carboxylic acids is 1. The van der Waals surface area contributed by atoms with Crippen molar-refractivity contribution in [1.29, 1.82) is 0 Å². The number of benzene rings is 1. The van der Waals surface area contributed by atoms with Crippen LogP contribution in [0.1, 0.15) is 16.6 Å². The van der Waals surface area contributed by atoms with Gasteiger partial charge in [-0.1, -0.05) is 18.2 Å². The van der Waals surface area contributed by atoms with Gasteiger partial charge in [0.1, 0.15) is 24.1 Å². The van der Waals surface area contributed by atoms with Crippen LogP contribution in [0.3, 0.4) is 0 Å². The zero-order valence-corrected chi connectivity index (χ0v) is 15.5. The number of anilines is 1. The van der Waals surface area contributed by atoms with E-state index in [1.807, 2.05) is 6.07 Å². The van der Waals surface area contributed by atoms with Gasteiger partial charge in [-0.2, -0.15) is 12.6 Å². The molecule has 144 valence electrons.